The molecule has 23 heavy (non-hydrogen) atoms. The van der Waals surface area contributed by atoms with Crippen LogP contribution in [0.3, 0.4) is 0 Å². The third kappa shape index (κ3) is 3.52. The zero-order chi connectivity index (χ0) is 16.6. The molecule has 122 valence electrons. The third-order valence-corrected chi connectivity index (χ3v) is 6.20. The average molecular weight is 371 g/mol. The molecule has 0 bridgehead atoms. The zero-order valence-corrected chi connectivity index (χ0v) is 14.8. The van der Waals surface area contributed by atoms with Gasteiger partial charge in [-0.05, 0) is 17.5 Å². The molecule has 0 saturated carbocycles. The second-order valence-electron chi connectivity index (χ2n) is 5.69. The first kappa shape index (κ1) is 16.7. The van der Waals surface area contributed by atoms with Gasteiger partial charge in [-0.1, -0.05) is 59.2 Å². The molecule has 0 radical (unpaired) electrons. The Kier molecular flexibility index (Phi) is 4.90. The summed E-state index contributed by atoms with van der Waals surface area (Å²) in [6.45, 7) is 1.48. The smallest absolute Gasteiger partial charge is 0.234 e. The van der Waals surface area contributed by atoms with Crippen molar-refractivity contribution in [1.29, 1.82) is 0 Å². The number of carbonyl (C=O) groups excluding carboxylic acids is 2. The van der Waals surface area contributed by atoms with E-state index in [1.54, 1.807) is 0 Å². The molecule has 1 aromatic rings. The fraction of sp³-hybridized carbons (Fsp3) is 0.375. The van der Waals surface area contributed by atoms with Crippen molar-refractivity contribution in [1.82, 2.24) is 10.6 Å². The topological polar surface area (TPSA) is 58.2 Å². The number of nitrogens with one attached hydrogen (secondary N) is 2. The lowest BCUT2D eigenvalue weighted by Crippen LogP contribution is -2.46. The van der Waals surface area contributed by atoms with Crippen LogP contribution in [0.4, 0.5) is 0 Å². The summed E-state index contributed by atoms with van der Waals surface area (Å²) in [7, 11) is 0. The van der Waals surface area contributed by atoms with E-state index < -0.39 is 0 Å². The van der Waals surface area contributed by atoms with E-state index >= 15 is 0 Å². The summed E-state index contributed by atoms with van der Waals surface area (Å²) >= 11 is 13.2. The summed E-state index contributed by atoms with van der Waals surface area (Å²) in [5, 5.41) is 6.21. The second-order valence-corrected chi connectivity index (χ2v) is 7.96. The lowest BCUT2D eigenvalue weighted by atomic mass is 10.1. The normalized spacial score (nSPS) is 26.1. The maximum Gasteiger partial charge on any atom is 0.234 e. The highest BCUT2D eigenvalue weighted by Gasteiger charge is 2.36. The molecule has 1 heterocycles. The van der Waals surface area contributed by atoms with Crippen molar-refractivity contribution in [3.05, 3.63) is 44.8 Å². The molecule has 4 nitrogen and oxygen atoms in total. The Bertz CT molecular complexity index is 678. The molecule has 2 aliphatic rings. The van der Waals surface area contributed by atoms with Crippen molar-refractivity contribution < 1.29 is 9.59 Å². The van der Waals surface area contributed by atoms with Crippen molar-refractivity contribution >= 4 is 46.8 Å². The molecule has 1 aromatic carbocycles. The monoisotopic (exact) mass is 370 g/mol. The van der Waals surface area contributed by atoms with Gasteiger partial charge < -0.3 is 10.6 Å². The number of hydrogen-bond acceptors (Lipinski definition) is 3. The van der Waals surface area contributed by atoms with E-state index in [1.165, 1.54) is 18.7 Å². The van der Waals surface area contributed by atoms with E-state index in [0.717, 1.165) is 11.1 Å². The van der Waals surface area contributed by atoms with Crippen LogP contribution in [0.1, 0.15) is 30.5 Å². The number of fused-ring (bicyclic) bond motifs is 1. The summed E-state index contributed by atoms with van der Waals surface area (Å²) < 4.78 is 0.486. The lowest BCUT2D eigenvalue weighted by molar-refractivity contribution is -0.123. The molecule has 3 atom stereocenters. The summed E-state index contributed by atoms with van der Waals surface area (Å²) in [5.74, 6) is -0.217. The van der Waals surface area contributed by atoms with Gasteiger partial charge in [0.2, 0.25) is 11.8 Å². The van der Waals surface area contributed by atoms with Crippen LogP contribution in [0.5, 0.6) is 0 Å². The van der Waals surface area contributed by atoms with Crippen LogP contribution in [0.2, 0.25) is 0 Å². The number of halogens is 2. The molecule has 0 aromatic heterocycles. The molecule has 0 fully saturated rings. The van der Waals surface area contributed by atoms with E-state index in [0.29, 0.717) is 22.2 Å². The summed E-state index contributed by atoms with van der Waals surface area (Å²) in [6.07, 6.45) is 1.14. The van der Waals surface area contributed by atoms with Crippen molar-refractivity contribution in [2.75, 3.05) is 0 Å². The van der Waals surface area contributed by atoms with E-state index in [1.807, 2.05) is 24.3 Å². The van der Waals surface area contributed by atoms with Gasteiger partial charge in [0, 0.05) is 18.4 Å². The van der Waals surface area contributed by atoms with E-state index in [-0.39, 0.29) is 29.1 Å². The number of amides is 2. The molecule has 7 heteroatoms. The minimum Gasteiger partial charge on any atom is -0.350 e. The zero-order valence-electron chi connectivity index (χ0n) is 12.4. The Morgan fingerprint density at radius 1 is 1.17 bits per heavy atom. The Balaban J connectivity index is 1.72. The number of thioether (sulfide) groups is 1. The average Bonchev–Trinajstić information content (AvgIpc) is 3.00. The summed E-state index contributed by atoms with van der Waals surface area (Å²) in [5.41, 5.74) is 2.20. The van der Waals surface area contributed by atoms with Crippen LogP contribution >= 0.6 is 35.0 Å². The fourth-order valence-electron chi connectivity index (χ4n) is 3.02. The van der Waals surface area contributed by atoms with Gasteiger partial charge in [-0.2, -0.15) is 0 Å². The highest BCUT2D eigenvalue weighted by Crippen LogP contribution is 2.42. The van der Waals surface area contributed by atoms with Crippen molar-refractivity contribution in [3.8, 4) is 0 Å². The highest BCUT2D eigenvalue weighted by atomic mass is 35.5. The first-order valence-electron chi connectivity index (χ1n) is 7.32. The van der Waals surface area contributed by atoms with Gasteiger partial charge in [0.1, 0.15) is 0 Å². The number of benzene rings is 1. The van der Waals surface area contributed by atoms with Crippen molar-refractivity contribution in [3.63, 3.8) is 0 Å². The fourth-order valence-corrected chi connectivity index (χ4v) is 4.69. The van der Waals surface area contributed by atoms with Crippen LogP contribution in [0.15, 0.2) is 33.7 Å². The number of carbonyl (C=O) groups is 2. The number of allylic oxidation sites excluding steroid dienone is 1. The second kappa shape index (κ2) is 6.75. The predicted octanol–water partition coefficient (Wildman–Crippen LogP) is 3.06. The van der Waals surface area contributed by atoms with Gasteiger partial charge in [-0.15, -0.1) is 0 Å². The van der Waals surface area contributed by atoms with Crippen LogP contribution in [-0.4, -0.2) is 23.1 Å². The molecule has 2 N–H and O–H groups in total. The molecule has 1 aliphatic carbocycles. The largest absolute Gasteiger partial charge is 0.350 e. The van der Waals surface area contributed by atoms with Gasteiger partial charge >= 0.3 is 0 Å². The van der Waals surface area contributed by atoms with Crippen LogP contribution in [0, 0.1) is 0 Å². The van der Waals surface area contributed by atoms with Gasteiger partial charge in [-0.25, -0.2) is 0 Å². The molecule has 3 rings (SSSR count). The molecule has 3 unspecified atom stereocenters. The molecule has 2 amide bonds. The van der Waals surface area contributed by atoms with Crippen molar-refractivity contribution in [2.24, 2.45) is 0 Å². The van der Waals surface area contributed by atoms with Crippen LogP contribution in [0.25, 0.3) is 0 Å². The van der Waals surface area contributed by atoms with E-state index in [4.69, 9.17) is 23.2 Å². The predicted molar refractivity (Wildman–Crippen MR) is 93.4 cm³/mol. The van der Waals surface area contributed by atoms with E-state index in [9.17, 15) is 9.59 Å². The SMILES string of the molecule is CC(=O)NC1c2ccccc2CC1NC(=O)C1CC(Cl)=C(Cl)S1. The van der Waals surface area contributed by atoms with Crippen molar-refractivity contribution in [2.45, 2.75) is 37.1 Å². The quantitative estimate of drug-likeness (QED) is 0.859. The molecular weight excluding hydrogens is 355 g/mol. The first-order valence-corrected chi connectivity index (χ1v) is 8.95. The highest BCUT2D eigenvalue weighted by molar-refractivity contribution is 8.06. The Morgan fingerprint density at radius 3 is 2.57 bits per heavy atom. The minimum atomic E-state index is -0.309. The van der Waals surface area contributed by atoms with Gasteiger partial charge in [0.25, 0.3) is 0 Å². The maximum atomic E-state index is 12.5. The lowest BCUT2D eigenvalue weighted by Gasteiger charge is -2.23. The third-order valence-electron chi connectivity index (χ3n) is 4.03. The van der Waals surface area contributed by atoms with Crippen LogP contribution < -0.4 is 10.6 Å². The maximum absolute atomic E-state index is 12.5. The first-order chi connectivity index (χ1) is 11.0. The Hall–Kier alpha value is -1.17. The summed E-state index contributed by atoms with van der Waals surface area (Å²) in [4.78, 5) is 24.0. The van der Waals surface area contributed by atoms with Gasteiger partial charge in [0.05, 0.1) is 21.7 Å². The molecular formula is C16H16Cl2N2O2S. The van der Waals surface area contributed by atoms with Gasteiger partial charge in [-0.3, -0.25) is 9.59 Å². The number of rotatable bonds is 3. The van der Waals surface area contributed by atoms with E-state index in [2.05, 4.69) is 10.6 Å². The Morgan fingerprint density at radius 2 is 1.91 bits per heavy atom. The summed E-state index contributed by atoms with van der Waals surface area (Å²) in [6, 6.07) is 7.54. The number of hydrogen-bond donors (Lipinski definition) is 2. The molecule has 0 spiro atoms. The Labute approximate surface area is 149 Å². The van der Waals surface area contributed by atoms with Gasteiger partial charge in [0.15, 0.2) is 0 Å². The molecule has 1 aliphatic heterocycles. The standard InChI is InChI=1S/C16H16Cl2N2O2S/c1-8(21)19-14-10-5-3-2-4-9(10)6-12(14)20-16(22)13-7-11(17)15(18)23-13/h2-5,12-14H,6-7H2,1H3,(H,19,21)(H,20,22). The molecule has 0 saturated heterocycles. The minimum absolute atomic E-state index is 0.100. The van der Waals surface area contributed by atoms with Crippen LogP contribution in [-0.2, 0) is 16.0 Å².